The number of halogens is 1. The van der Waals surface area contributed by atoms with E-state index in [1.165, 1.54) is 0 Å². The second-order valence-electron chi connectivity index (χ2n) is 13.7. The number of nitrogens with zero attached hydrogens (tertiary/aromatic N) is 1. The summed E-state index contributed by atoms with van der Waals surface area (Å²) in [7, 11) is 3.25. The van der Waals surface area contributed by atoms with Crippen molar-refractivity contribution in [1.82, 2.24) is 10.3 Å². The molecule has 1 unspecified atom stereocenters. The second-order valence-corrected chi connectivity index (χ2v) is 14.6. The van der Waals surface area contributed by atoms with Crippen molar-refractivity contribution in [1.29, 1.82) is 0 Å². The number of hydrogen-bond acceptors (Lipinski definition) is 6. The number of carbonyl (C=O) groups is 2. The van der Waals surface area contributed by atoms with E-state index < -0.39 is 16.6 Å². The van der Waals surface area contributed by atoms with Crippen molar-refractivity contribution < 1.29 is 23.8 Å². The summed E-state index contributed by atoms with van der Waals surface area (Å²) in [5.74, 6) is 0.697. The van der Waals surface area contributed by atoms with E-state index in [1.807, 2.05) is 94.4 Å². The molecule has 0 spiro atoms. The zero-order chi connectivity index (χ0) is 32.9. The van der Waals surface area contributed by atoms with Gasteiger partial charge in [0.05, 0.1) is 36.4 Å². The quantitative estimate of drug-likeness (QED) is 0.196. The average Bonchev–Trinajstić information content (AvgIpc) is 3.04. The van der Waals surface area contributed by atoms with Gasteiger partial charge in [-0.1, -0.05) is 58.4 Å². The highest BCUT2D eigenvalue weighted by atomic mass is 79.9. The number of carbonyl (C=O) groups excluding carboxylic acids is 2. The number of aromatic nitrogens is 1. The van der Waals surface area contributed by atoms with Gasteiger partial charge in [-0.05, 0) is 89.6 Å². The van der Waals surface area contributed by atoms with E-state index in [2.05, 4.69) is 21.2 Å². The molecule has 3 aliphatic carbocycles. The van der Waals surface area contributed by atoms with Crippen LogP contribution in [0, 0.1) is 12.3 Å². The summed E-state index contributed by atoms with van der Waals surface area (Å²) in [6.45, 7) is 7.69. The Kier molecular flexibility index (Phi) is 8.38. The molecule has 1 heterocycles. The molecule has 2 bridgehead atoms. The number of methoxy groups -OCH3 is 2. The maximum atomic E-state index is 14.8. The molecule has 3 aliphatic rings. The lowest BCUT2D eigenvalue weighted by molar-refractivity contribution is -0.176. The molecule has 0 radical (unpaired) electrons. The maximum Gasteiger partial charge on any atom is 0.312 e. The molecule has 240 valence electrons. The Morgan fingerprint density at radius 3 is 2.30 bits per heavy atom. The number of pyridine rings is 1. The highest BCUT2D eigenvalue weighted by Crippen LogP contribution is 2.61. The lowest BCUT2D eigenvalue weighted by atomic mass is 9.51. The third-order valence-corrected chi connectivity index (χ3v) is 10.3. The van der Waals surface area contributed by atoms with E-state index >= 15 is 0 Å². The number of esters is 1. The molecule has 1 atom stereocenters. The number of fused-ring (bicyclic) bond motifs is 4. The zero-order valence-electron chi connectivity index (χ0n) is 27.3. The summed E-state index contributed by atoms with van der Waals surface area (Å²) >= 11 is 3.61. The van der Waals surface area contributed by atoms with Gasteiger partial charge in [0, 0.05) is 32.4 Å². The maximum absolute atomic E-state index is 14.8. The van der Waals surface area contributed by atoms with Gasteiger partial charge in [-0.15, -0.1) is 0 Å². The summed E-state index contributed by atoms with van der Waals surface area (Å²) in [6.07, 6.45) is 3.03. The van der Waals surface area contributed by atoms with Gasteiger partial charge in [-0.25, -0.2) is 4.98 Å². The number of amides is 1. The molecule has 4 aromatic rings. The first kappa shape index (κ1) is 32.0. The van der Waals surface area contributed by atoms with E-state index in [-0.39, 0.29) is 17.8 Å². The molecule has 8 heteroatoms. The summed E-state index contributed by atoms with van der Waals surface area (Å²) in [5, 5.41) is 4.36. The first-order valence-electron chi connectivity index (χ1n) is 15.8. The van der Waals surface area contributed by atoms with Crippen LogP contribution in [0.1, 0.15) is 80.3 Å². The van der Waals surface area contributed by atoms with Gasteiger partial charge in [0.2, 0.25) is 0 Å². The topological polar surface area (TPSA) is 86.8 Å². The summed E-state index contributed by atoms with van der Waals surface area (Å²) < 4.78 is 18.5. The van der Waals surface area contributed by atoms with Gasteiger partial charge in [0.25, 0.3) is 5.91 Å². The molecule has 46 heavy (non-hydrogen) atoms. The molecule has 3 aromatic carbocycles. The van der Waals surface area contributed by atoms with E-state index in [0.29, 0.717) is 49.2 Å². The minimum Gasteiger partial charge on any atom is -0.493 e. The van der Waals surface area contributed by atoms with Crippen LogP contribution in [0.4, 0.5) is 0 Å². The monoisotopic (exact) mass is 684 g/mol. The Morgan fingerprint density at radius 2 is 1.65 bits per heavy atom. The fourth-order valence-electron chi connectivity index (χ4n) is 7.58. The first-order valence-corrected chi connectivity index (χ1v) is 16.6. The van der Waals surface area contributed by atoms with E-state index in [1.54, 1.807) is 14.2 Å². The van der Waals surface area contributed by atoms with E-state index in [4.69, 9.17) is 19.2 Å². The van der Waals surface area contributed by atoms with Crippen molar-refractivity contribution in [3.63, 3.8) is 0 Å². The van der Waals surface area contributed by atoms with Crippen LogP contribution >= 0.6 is 15.9 Å². The van der Waals surface area contributed by atoms with Gasteiger partial charge in [0.1, 0.15) is 5.60 Å². The van der Waals surface area contributed by atoms with Crippen molar-refractivity contribution in [2.45, 2.75) is 76.9 Å². The molecular weight excluding hydrogens is 644 g/mol. The fourth-order valence-corrected chi connectivity index (χ4v) is 7.94. The standard InChI is InChI=1S/C38H41BrN2O5/c1-23-31(27-21-25(39)15-16-29(27)40-32(23)24-11-8-7-9-12-24)34(42)41-38-19-17-37(18-20-38,35(43)46-36(2,3)4)22-28(38)26-13-10-14-30(44-5)33(26)45-6/h7-16,21,28H,17-20,22H2,1-6H3,(H,41,42). The van der Waals surface area contributed by atoms with Crippen LogP contribution in [0.15, 0.2) is 71.2 Å². The number of nitrogens with one attached hydrogen (secondary N) is 1. The van der Waals surface area contributed by atoms with Crippen molar-refractivity contribution >= 4 is 38.7 Å². The Bertz CT molecular complexity index is 1810. The molecule has 1 amide bonds. The van der Waals surface area contributed by atoms with Crippen LogP contribution < -0.4 is 14.8 Å². The lowest BCUT2D eigenvalue weighted by Crippen LogP contribution is -2.62. The number of hydrogen-bond donors (Lipinski definition) is 1. The van der Waals surface area contributed by atoms with Gasteiger partial charge in [0.15, 0.2) is 11.5 Å². The van der Waals surface area contributed by atoms with Gasteiger partial charge < -0.3 is 19.5 Å². The first-order chi connectivity index (χ1) is 21.9. The van der Waals surface area contributed by atoms with Crippen molar-refractivity contribution in [2.24, 2.45) is 5.41 Å². The van der Waals surface area contributed by atoms with E-state index in [9.17, 15) is 9.59 Å². The molecule has 3 fully saturated rings. The van der Waals surface area contributed by atoms with Crippen LogP contribution in [0.5, 0.6) is 11.5 Å². The van der Waals surface area contributed by atoms with Crippen LogP contribution in [-0.2, 0) is 9.53 Å². The molecule has 3 saturated carbocycles. The highest BCUT2D eigenvalue weighted by molar-refractivity contribution is 9.10. The zero-order valence-corrected chi connectivity index (χ0v) is 28.9. The average molecular weight is 686 g/mol. The number of ether oxygens (including phenoxy) is 3. The van der Waals surface area contributed by atoms with Gasteiger partial charge >= 0.3 is 5.97 Å². The van der Waals surface area contributed by atoms with Crippen molar-refractivity contribution in [3.8, 4) is 22.8 Å². The highest BCUT2D eigenvalue weighted by Gasteiger charge is 2.60. The Labute approximate surface area is 279 Å². The van der Waals surface area contributed by atoms with Crippen molar-refractivity contribution in [3.05, 3.63) is 87.9 Å². The Hall–Kier alpha value is -3.91. The van der Waals surface area contributed by atoms with Crippen molar-refractivity contribution in [2.75, 3.05) is 14.2 Å². The van der Waals surface area contributed by atoms with Gasteiger partial charge in [-0.3, -0.25) is 9.59 Å². The van der Waals surface area contributed by atoms with Crippen LogP contribution in [0.2, 0.25) is 0 Å². The SMILES string of the molecule is COc1cccc(C2CC3(C(=O)OC(C)(C)C)CCC2(NC(=O)c2c(C)c(-c4ccccc4)nc4ccc(Br)cc24)CC3)c1OC. The number of rotatable bonds is 7. The molecule has 7 nitrogen and oxygen atoms in total. The third-order valence-electron chi connectivity index (χ3n) is 9.83. The van der Waals surface area contributed by atoms with Crippen LogP contribution in [0.25, 0.3) is 22.2 Å². The molecule has 0 aliphatic heterocycles. The molecule has 1 N–H and O–H groups in total. The molecular formula is C38H41BrN2O5. The molecule has 1 aromatic heterocycles. The summed E-state index contributed by atoms with van der Waals surface area (Å²) in [6, 6.07) is 21.7. The minimum absolute atomic E-state index is 0.154. The summed E-state index contributed by atoms with van der Waals surface area (Å²) in [4.78, 5) is 33.6. The predicted molar refractivity (Wildman–Crippen MR) is 183 cm³/mol. The Morgan fingerprint density at radius 1 is 0.935 bits per heavy atom. The molecule has 7 rings (SSSR count). The van der Waals surface area contributed by atoms with Crippen LogP contribution in [0.3, 0.4) is 0 Å². The third kappa shape index (κ3) is 5.65. The smallest absolute Gasteiger partial charge is 0.312 e. The largest absolute Gasteiger partial charge is 0.493 e. The summed E-state index contributed by atoms with van der Waals surface area (Å²) in [5.41, 5.74) is 2.94. The fraction of sp³-hybridized carbons (Fsp3) is 0.395. The predicted octanol–water partition coefficient (Wildman–Crippen LogP) is 8.55. The normalized spacial score (nSPS) is 22.4. The minimum atomic E-state index is -0.650. The Balaban J connectivity index is 1.47. The second kappa shape index (κ2) is 12.0. The number of benzene rings is 3. The lowest BCUT2D eigenvalue weighted by Gasteiger charge is -2.57. The molecule has 0 saturated heterocycles. The van der Waals surface area contributed by atoms with E-state index in [0.717, 1.165) is 37.8 Å². The van der Waals surface area contributed by atoms with Gasteiger partial charge in [-0.2, -0.15) is 0 Å². The van der Waals surface area contributed by atoms with Crippen LogP contribution in [-0.4, -0.2) is 42.2 Å². The number of para-hydroxylation sites is 1.